The van der Waals surface area contributed by atoms with Gasteiger partial charge in [0.1, 0.15) is 40.0 Å². The van der Waals surface area contributed by atoms with Crippen LogP contribution in [0, 0.1) is 10.1 Å². The number of hydrogen-bond donors (Lipinski definition) is 7. The zero-order valence-electron chi connectivity index (χ0n) is 30.4. The van der Waals surface area contributed by atoms with Gasteiger partial charge in [0.15, 0.2) is 0 Å². The van der Waals surface area contributed by atoms with Gasteiger partial charge in [0, 0.05) is 41.1 Å². The number of nitrogens with zero attached hydrogens (tertiary/aromatic N) is 5. The summed E-state index contributed by atoms with van der Waals surface area (Å²) in [5.41, 5.74) is -0.946. The van der Waals surface area contributed by atoms with E-state index in [1.165, 1.54) is 37.3 Å². The molecule has 8 N–H and O–H groups in total. The Morgan fingerprint density at radius 3 is 1.97 bits per heavy atom. The van der Waals surface area contributed by atoms with Crippen LogP contribution in [0.5, 0.6) is 23.0 Å². The van der Waals surface area contributed by atoms with Gasteiger partial charge >= 0.3 is 35.2 Å². The molecule has 1 amide bonds. The summed E-state index contributed by atoms with van der Waals surface area (Å²) in [7, 11) is -7.59. The Kier molecular flexibility index (Phi) is 15.4. The monoisotopic (exact) mass is 877 g/mol. The molecule has 0 atom stereocenters. The molecule has 0 bridgehead atoms. The van der Waals surface area contributed by atoms with E-state index in [4.69, 9.17) is 5.14 Å². The van der Waals surface area contributed by atoms with E-state index >= 15 is 0 Å². The summed E-state index contributed by atoms with van der Waals surface area (Å²) >= 11 is 0. The Labute approximate surface area is 362 Å². The van der Waals surface area contributed by atoms with Crippen molar-refractivity contribution in [2.45, 2.75) is 11.8 Å². The smallest absolute Gasteiger partial charge is 0.506 e. The normalized spacial score (nSPS) is 11.4. The number of nitro groups is 1. The quantitative estimate of drug-likeness (QED) is 0.0355. The molecule has 19 nitrogen and oxygen atoms in total. The van der Waals surface area contributed by atoms with Gasteiger partial charge < -0.3 is 25.7 Å². The maximum atomic E-state index is 11.7. The number of fused-ring (bicyclic) bond motifs is 2. The van der Waals surface area contributed by atoms with Crippen molar-refractivity contribution in [2.75, 3.05) is 16.3 Å². The molecule has 6 aromatic carbocycles. The third-order valence-electron chi connectivity index (χ3n) is 7.55. The van der Waals surface area contributed by atoms with Crippen LogP contribution in [0.2, 0.25) is 0 Å². The van der Waals surface area contributed by atoms with E-state index in [0.717, 1.165) is 35.9 Å². The van der Waals surface area contributed by atoms with Crippen LogP contribution >= 0.6 is 0 Å². The van der Waals surface area contributed by atoms with Crippen LogP contribution in [-0.2, 0) is 42.2 Å². The summed E-state index contributed by atoms with van der Waals surface area (Å²) < 4.78 is 48.6. The number of nitrogens with one attached hydrogen (secondary N) is 2. The number of anilines is 2. The Hall–Kier alpha value is -5.70. The minimum Gasteiger partial charge on any atom is -0.506 e. The summed E-state index contributed by atoms with van der Waals surface area (Å²) in [6.45, 7) is 1.20. The fourth-order valence-corrected chi connectivity index (χ4v) is 6.25. The first-order chi connectivity index (χ1) is 26.3. The molecule has 6 aromatic rings. The van der Waals surface area contributed by atoms with Crippen molar-refractivity contribution < 1.29 is 93.9 Å². The Morgan fingerprint density at radius 2 is 1.33 bits per heavy atom. The molecule has 58 heavy (non-hydrogen) atoms. The largest absolute Gasteiger partial charge is 1.00 e. The third kappa shape index (κ3) is 11.5. The zero-order chi connectivity index (χ0) is 40.9. The van der Waals surface area contributed by atoms with Crippen LogP contribution < -0.4 is 44.7 Å². The molecule has 294 valence electrons. The zero-order valence-corrected chi connectivity index (χ0v) is 35.3. The number of aromatic hydroxyl groups is 4. The number of carbonyl (C=O) groups excluding carboxylic acids is 1. The second-order valence-corrected chi connectivity index (χ2v) is 15.1. The van der Waals surface area contributed by atoms with Gasteiger partial charge in [0.2, 0.25) is 31.7 Å². The van der Waals surface area contributed by atoms with E-state index in [1.807, 2.05) is 12.1 Å². The van der Waals surface area contributed by atoms with Crippen molar-refractivity contribution in [3.8, 4) is 23.0 Å². The molecular weight excluding hydrogens is 848 g/mol. The van der Waals surface area contributed by atoms with Crippen molar-refractivity contribution in [1.82, 2.24) is 0 Å². The molecule has 0 spiro atoms. The molecule has 23 heteroatoms. The number of carbonyl (C=O) groups is 1. The number of primary sulfonamides is 1. The fraction of sp³-hybridized carbons (Fsp3) is 0.0571. The first kappa shape index (κ1) is 46.7. The van der Waals surface area contributed by atoms with E-state index < -0.39 is 42.3 Å². The molecule has 0 saturated carbocycles. The van der Waals surface area contributed by atoms with Gasteiger partial charge in [-0.15, -0.1) is 20.5 Å². The van der Waals surface area contributed by atoms with Crippen LogP contribution in [0.1, 0.15) is 6.92 Å². The molecule has 0 aliphatic heterocycles. The summed E-state index contributed by atoms with van der Waals surface area (Å²) in [5.74, 6) is -2.00. The van der Waals surface area contributed by atoms with Gasteiger partial charge in [-0.2, -0.15) is 0 Å². The molecule has 0 heterocycles. The number of phenolic OH excluding ortho intramolecular Hbond substituents is 4. The van der Waals surface area contributed by atoms with E-state index in [-0.39, 0.29) is 109 Å². The minimum absolute atomic E-state index is 0. The van der Waals surface area contributed by atoms with Crippen molar-refractivity contribution in [2.24, 2.45) is 25.6 Å². The molecule has 0 aromatic heterocycles. The van der Waals surface area contributed by atoms with Gasteiger partial charge in [0.05, 0.1) is 27.4 Å². The van der Waals surface area contributed by atoms with Crippen molar-refractivity contribution in [1.29, 1.82) is 0 Å². The molecule has 0 fully saturated rings. The van der Waals surface area contributed by atoms with E-state index in [9.17, 15) is 52.2 Å². The summed E-state index contributed by atoms with van der Waals surface area (Å²) in [5, 5.41) is 76.9. The van der Waals surface area contributed by atoms with Crippen LogP contribution in [0.3, 0.4) is 0 Å². The predicted molar refractivity (Wildman–Crippen MR) is 207 cm³/mol. The number of phenols is 4. The molecule has 0 aliphatic rings. The minimum atomic E-state index is -3.93. The Balaban J connectivity index is 0.000000311. The second kappa shape index (κ2) is 19.2. The standard InChI is InChI=1S/C19H17N5O7S.C16H13N3O4S.Cr.Na/c1-10(25)20-12-8-14(19(27)15(9-12)24(28)29)21-22-18-16(26)7-6-11-4-3-5-13(17(11)18)23-32(2,30)31;17-24(22,23)11-6-8-14(20)13(9-11)18-19-16-12-4-2-1-3-10(12)5-7-15(16)21;;/h3-9,23,26-27H,1-2H3,(H,20,25);1-9,20-21H,(H2,17,22,23);;/q;;;+1. The predicted octanol–water partition coefficient (Wildman–Crippen LogP) is 4.22. The Bertz CT molecular complexity index is 2850. The van der Waals surface area contributed by atoms with Crippen molar-refractivity contribution in [3.05, 3.63) is 107 Å². The SMILES string of the molecule is CC(=O)Nc1cc(N=Nc2c(O)ccc3cccc(NS(C)(=O)=O)c23)c(O)c([N+](=O)[O-])c1.NS(=O)(=O)c1ccc(O)c(N=Nc2c(O)ccc3ccccc23)c1.[Cr].[Na+]. The summed E-state index contributed by atoms with van der Waals surface area (Å²) in [4.78, 5) is 21.5. The van der Waals surface area contributed by atoms with Gasteiger partial charge in [-0.1, -0.05) is 48.5 Å². The number of amides is 1. The van der Waals surface area contributed by atoms with E-state index in [0.29, 0.717) is 10.8 Å². The number of rotatable bonds is 9. The van der Waals surface area contributed by atoms with E-state index in [1.54, 1.807) is 30.3 Å². The van der Waals surface area contributed by atoms with Crippen molar-refractivity contribution in [3.63, 3.8) is 0 Å². The second-order valence-electron chi connectivity index (χ2n) is 11.8. The number of azo groups is 2. The van der Waals surface area contributed by atoms with Crippen LogP contribution in [0.15, 0.2) is 122 Å². The topological polar surface area (TPSA) is 309 Å². The fourth-order valence-electron chi connectivity index (χ4n) is 5.15. The van der Waals surface area contributed by atoms with E-state index in [2.05, 4.69) is 30.5 Å². The van der Waals surface area contributed by atoms with Gasteiger partial charge in [-0.25, -0.2) is 22.0 Å². The molecular formula is C35H30CrN8NaO11S2+. The average Bonchev–Trinajstić information content (AvgIpc) is 3.11. The molecule has 0 aliphatic carbocycles. The van der Waals surface area contributed by atoms with Gasteiger partial charge in [-0.3, -0.25) is 19.6 Å². The van der Waals surface area contributed by atoms with Crippen LogP contribution in [-0.4, -0.2) is 54.3 Å². The van der Waals surface area contributed by atoms with Gasteiger partial charge in [0.25, 0.3) is 0 Å². The number of hydrogen-bond acceptors (Lipinski definition) is 15. The molecule has 6 rings (SSSR count). The molecule has 0 radical (unpaired) electrons. The number of sulfonamides is 2. The molecule has 0 unspecified atom stereocenters. The first-order valence-electron chi connectivity index (χ1n) is 15.7. The van der Waals surface area contributed by atoms with Crippen molar-refractivity contribution >= 4 is 87.3 Å². The van der Waals surface area contributed by atoms with Crippen LogP contribution in [0.25, 0.3) is 21.5 Å². The average molecular weight is 878 g/mol. The summed E-state index contributed by atoms with van der Waals surface area (Å²) in [6, 6.07) is 23.6. The maximum Gasteiger partial charge on any atom is 1.00 e. The third-order valence-corrected chi connectivity index (χ3v) is 9.05. The number of benzene rings is 6. The van der Waals surface area contributed by atoms with Gasteiger partial charge in [-0.05, 0) is 53.2 Å². The van der Waals surface area contributed by atoms with Crippen LogP contribution in [0.4, 0.5) is 39.8 Å². The Morgan fingerprint density at radius 1 is 0.741 bits per heavy atom. The maximum absolute atomic E-state index is 11.7. The molecule has 0 saturated heterocycles. The first-order valence-corrected chi connectivity index (χ1v) is 19.2. The summed E-state index contributed by atoms with van der Waals surface area (Å²) in [6.07, 6.45) is 0.959. The number of nitro benzene ring substituents is 1. The number of nitrogens with two attached hydrogens (primary N) is 1.